The largest absolute Gasteiger partial charge is 0.379 e. The first-order valence-electron chi connectivity index (χ1n) is 9.02. The highest BCUT2D eigenvalue weighted by molar-refractivity contribution is 8.76. The van der Waals surface area contributed by atoms with Crippen LogP contribution in [0, 0.1) is 32.1 Å². The zero-order valence-electron chi connectivity index (χ0n) is 15.9. The third-order valence-electron chi connectivity index (χ3n) is 4.21. The summed E-state index contributed by atoms with van der Waals surface area (Å²) in [5.41, 5.74) is -0.287. The van der Waals surface area contributed by atoms with Crippen LogP contribution in [0.2, 0.25) is 0 Å². The molecule has 28 heavy (non-hydrogen) atoms. The minimum atomic E-state index is -0.643. The lowest BCUT2D eigenvalue weighted by Crippen LogP contribution is -2.21. The maximum absolute atomic E-state index is 11.1. The Morgan fingerprint density at radius 2 is 1.89 bits per heavy atom. The van der Waals surface area contributed by atoms with Gasteiger partial charge in [0.1, 0.15) is 5.69 Å². The van der Waals surface area contributed by atoms with Crippen molar-refractivity contribution in [2.45, 2.75) is 26.6 Å². The third kappa shape index (κ3) is 7.12. The lowest BCUT2D eigenvalue weighted by Gasteiger charge is -2.21. The minimum Gasteiger partial charge on any atom is -0.379 e. The number of nitro benzene ring substituents is 2. The number of nitro groups is 2. The normalized spacial score (nSPS) is 16.6. The third-order valence-corrected chi connectivity index (χ3v) is 6.86. The first kappa shape index (κ1) is 22.7. The van der Waals surface area contributed by atoms with E-state index < -0.39 is 9.85 Å². The van der Waals surface area contributed by atoms with E-state index in [1.807, 2.05) is 0 Å². The van der Waals surface area contributed by atoms with Crippen LogP contribution in [0.15, 0.2) is 18.2 Å². The van der Waals surface area contributed by atoms with Gasteiger partial charge >= 0.3 is 0 Å². The van der Waals surface area contributed by atoms with Crippen LogP contribution in [0.1, 0.15) is 20.3 Å². The van der Waals surface area contributed by atoms with Gasteiger partial charge in [0.25, 0.3) is 11.4 Å². The van der Waals surface area contributed by atoms with Gasteiger partial charge in [0.2, 0.25) is 0 Å². The van der Waals surface area contributed by atoms with Crippen molar-refractivity contribution < 1.29 is 19.3 Å². The van der Waals surface area contributed by atoms with Crippen LogP contribution in [0.3, 0.4) is 0 Å². The standard InChI is InChI=1S/C17H25N3O6S2/c1-12(9-13(2)17-25-6-7-26-17)11-28-27-8-5-18-15-4-3-14(19(21)22)10-16(15)20(23)24/h3-4,10,12-13,17-18H,5-9,11H2,1-2H3. The highest BCUT2D eigenvalue weighted by Gasteiger charge is 2.24. The van der Waals surface area contributed by atoms with Crippen molar-refractivity contribution in [1.29, 1.82) is 0 Å². The summed E-state index contributed by atoms with van der Waals surface area (Å²) in [6.45, 7) is 6.23. The predicted octanol–water partition coefficient (Wildman–Crippen LogP) is 4.33. The van der Waals surface area contributed by atoms with E-state index in [1.165, 1.54) is 12.1 Å². The molecule has 1 saturated heterocycles. The first-order chi connectivity index (χ1) is 13.4. The smallest absolute Gasteiger partial charge is 0.299 e. The van der Waals surface area contributed by atoms with Gasteiger partial charge in [0.15, 0.2) is 6.29 Å². The molecule has 0 bridgehead atoms. The molecule has 2 atom stereocenters. The quantitative estimate of drug-likeness (QED) is 0.223. The van der Waals surface area contributed by atoms with Crippen molar-refractivity contribution in [2.24, 2.45) is 11.8 Å². The van der Waals surface area contributed by atoms with Gasteiger partial charge in [-0.25, -0.2) is 0 Å². The molecular formula is C17H25N3O6S2. The molecule has 1 aromatic rings. The molecular weight excluding hydrogens is 406 g/mol. The highest BCUT2D eigenvalue weighted by Crippen LogP contribution is 2.31. The molecule has 11 heteroatoms. The average molecular weight is 432 g/mol. The van der Waals surface area contributed by atoms with Crippen molar-refractivity contribution >= 4 is 38.6 Å². The Hall–Kier alpha value is -1.56. The van der Waals surface area contributed by atoms with Crippen molar-refractivity contribution in [1.82, 2.24) is 0 Å². The molecule has 1 N–H and O–H groups in total. The first-order valence-corrected chi connectivity index (χ1v) is 11.5. The number of nitrogens with one attached hydrogen (secondary N) is 1. The SMILES string of the molecule is CC(CSSCCNc1ccc([N+](=O)[O-])cc1[N+](=O)[O-])CC(C)C1OCCO1. The fourth-order valence-corrected chi connectivity index (χ4v) is 5.26. The van der Waals surface area contributed by atoms with E-state index in [1.54, 1.807) is 21.6 Å². The second-order valence-electron chi connectivity index (χ2n) is 6.68. The van der Waals surface area contributed by atoms with Crippen molar-refractivity contribution in [2.75, 3.05) is 36.6 Å². The molecule has 0 aromatic heterocycles. The fraction of sp³-hybridized carbons (Fsp3) is 0.647. The van der Waals surface area contributed by atoms with Gasteiger partial charge < -0.3 is 14.8 Å². The molecule has 9 nitrogen and oxygen atoms in total. The number of rotatable bonds is 12. The van der Waals surface area contributed by atoms with Crippen LogP contribution in [-0.2, 0) is 9.47 Å². The molecule has 1 aliphatic rings. The number of benzene rings is 1. The molecule has 156 valence electrons. The van der Waals surface area contributed by atoms with E-state index in [0.29, 0.717) is 37.3 Å². The van der Waals surface area contributed by atoms with E-state index in [4.69, 9.17) is 9.47 Å². The average Bonchev–Trinajstić information content (AvgIpc) is 3.19. The van der Waals surface area contributed by atoms with Gasteiger partial charge in [-0.2, -0.15) is 0 Å². The Bertz CT molecular complexity index is 672. The van der Waals surface area contributed by atoms with Crippen LogP contribution in [0.25, 0.3) is 0 Å². The molecule has 0 spiro atoms. The van der Waals surface area contributed by atoms with E-state index in [-0.39, 0.29) is 17.7 Å². The summed E-state index contributed by atoms with van der Waals surface area (Å²) < 4.78 is 11.1. The molecule has 2 unspecified atom stereocenters. The Kier molecular flexibility index (Phi) is 9.29. The zero-order valence-corrected chi connectivity index (χ0v) is 17.5. The van der Waals surface area contributed by atoms with Crippen molar-refractivity contribution in [3.63, 3.8) is 0 Å². The Morgan fingerprint density at radius 1 is 1.18 bits per heavy atom. The maximum atomic E-state index is 11.1. The lowest BCUT2D eigenvalue weighted by atomic mass is 9.98. The van der Waals surface area contributed by atoms with Crippen molar-refractivity contribution in [3.05, 3.63) is 38.4 Å². The van der Waals surface area contributed by atoms with Gasteiger partial charge in [-0.1, -0.05) is 35.4 Å². The van der Waals surface area contributed by atoms with Gasteiger partial charge in [-0.15, -0.1) is 0 Å². The Labute approximate surface area is 171 Å². The van der Waals surface area contributed by atoms with Gasteiger partial charge in [-0.05, 0) is 18.4 Å². The van der Waals surface area contributed by atoms with E-state index in [0.717, 1.165) is 24.0 Å². The summed E-state index contributed by atoms with van der Waals surface area (Å²) in [4.78, 5) is 20.6. The Balaban J connectivity index is 1.66. The van der Waals surface area contributed by atoms with Crippen molar-refractivity contribution in [3.8, 4) is 0 Å². The summed E-state index contributed by atoms with van der Waals surface area (Å²) in [7, 11) is 3.47. The Morgan fingerprint density at radius 3 is 2.54 bits per heavy atom. The molecule has 1 aliphatic heterocycles. The molecule has 0 saturated carbocycles. The summed E-state index contributed by atoms with van der Waals surface area (Å²) in [5.74, 6) is 2.66. The van der Waals surface area contributed by atoms with Gasteiger partial charge in [0.05, 0.1) is 29.1 Å². The highest BCUT2D eigenvalue weighted by atomic mass is 33.1. The summed E-state index contributed by atoms with van der Waals surface area (Å²) >= 11 is 0. The van der Waals surface area contributed by atoms with Gasteiger partial charge in [0, 0.05) is 30.0 Å². The molecule has 2 rings (SSSR count). The number of hydrogen-bond acceptors (Lipinski definition) is 9. The van der Waals surface area contributed by atoms with Crippen LogP contribution in [0.4, 0.5) is 17.1 Å². The van der Waals surface area contributed by atoms with Crippen LogP contribution in [0.5, 0.6) is 0 Å². The lowest BCUT2D eigenvalue weighted by molar-refractivity contribution is -0.393. The second kappa shape index (κ2) is 11.4. The number of hydrogen-bond donors (Lipinski definition) is 1. The monoisotopic (exact) mass is 431 g/mol. The number of anilines is 1. The molecule has 1 heterocycles. The summed E-state index contributed by atoms with van der Waals surface area (Å²) in [6.07, 6.45) is 0.952. The molecule has 0 aliphatic carbocycles. The molecule has 0 amide bonds. The predicted molar refractivity (Wildman–Crippen MR) is 112 cm³/mol. The summed E-state index contributed by atoms with van der Waals surface area (Å²) in [5, 5.41) is 24.9. The van der Waals surface area contributed by atoms with E-state index in [2.05, 4.69) is 19.2 Å². The molecule has 0 radical (unpaired) electrons. The molecule has 1 fully saturated rings. The number of nitrogens with zero attached hydrogens (tertiary/aromatic N) is 2. The number of non-ortho nitro benzene ring substituents is 1. The molecule has 1 aromatic carbocycles. The maximum Gasteiger partial charge on any atom is 0.299 e. The zero-order chi connectivity index (χ0) is 20.5. The minimum absolute atomic E-state index is 0.0817. The van der Waals surface area contributed by atoms with Crippen LogP contribution < -0.4 is 5.32 Å². The fourth-order valence-electron chi connectivity index (χ4n) is 2.90. The van der Waals surface area contributed by atoms with E-state index >= 15 is 0 Å². The van der Waals surface area contributed by atoms with Gasteiger partial charge in [-0.3, -0.25) is 20.2 Å². The number of ether oxygens (including phenoxy) is 2. The van der Waals surface area contributed by atoms with E-state index in [9.17, 15) is 20.2 Å². The van der Waals surface area contributed by atoms with Crippen LogP contribution in [-0.4, -0.2) is 47.4 Å². The van der Waals surface area contributed by atoms with Crippen LogP contribution >= 0.6 is 21.6 Å². The topological polar surface area (TPSA) is 117 Å². The second-order valence-corrected chi connectivity index (χ2v) is 9.30. The summed E-state index contributed by atoms with van der Waals surface area (Å²) in [6, 6.07) is 3.62.